The Morgan fingerprint density at radius 2 is 1.65 bits per heavy atom. The molecule has 0 fully saturated rings. The lowest BCUT2D eigenvalue weighted by molar-refractivity contribution is -0.325. The highest BCUT2D eigenvalue weighted by Gasteiger charge is 2.73. The molecule has 2 nitrogen and oxygen atoms in total. The third-order valence-corrected chi connectivity index (χ3v) is 3.15. The molecule has 0 aromatic carbocycles. The van der Waals surface area contributed by atoms with E-state index >= 15 is 0 Å². The summed E-state index contributed by atoms with van der Waals surface area (Å²) in [5.41, 5.74) is 0.0985. The number of hydrogen-bond acceptors (Lipinski definition) is 2. The van der Waals surface area contributed by atoms with Crippen molar-refractivity contribution < 1.29 is 40.3 Å². The van der Waals surface area contributed by atoms with E-state index in [1.54, 1.807) is 0 Å². The van der Waals surface area contributed by atoms with Crippen LogP contribution in [0.1, 0.15) is 39.5 Å². The zero-order chi connectivity index (χ0) is 18.5. The maximum Gasteiger partial charge on any atom is 0.374 e. The second-order valence-corrected chi connectivity index (χ2v) is 5.13. The van der Waals surface area contributed by atoms with Crippen LogP contribution >= 0.6 is 0 Å². The summed E-state index contributed by atoms with van der Waals surface area (Å²) in [5.74, 6) is -17.0. The second-order valence-electron chi connectivity index (χ2n) is 5.13. The molecule has 0 aliphatic carbocycles. The van der Waals surface area contributed by atoms with E-state index in [1.807, 2.05) is 0 Å². The number of esters is 1. The Morgan fingerprint density at radius 1 is 1.13 bits per heavy atom. The molecule has 0 aromatic heterocycles. The smallest absolute Gasteiger partial charge is 0.374 e. The number of rotatable bonds is 10. The molecule has 0 heterocycles. The van der Waals surface area contributed by atoms with Crippen molar-refractivity contribution >= 4 is 5.97 Å². The van der Waals surface area contributed by atoms with Gasteiger partial charge in [-0.25, -0.2) is 9.18 Å². The largest absolute Gasteiger partial charge is 0.462 e. The van der Waals surface area contributed by atoms with Crippen LogP contribution in [0.2, 0.25) is 0 Å². The number of carbonyl (C=O) groups is 1. The summed E-state index contributed by atoms with van der Waals surface area (Å²) in [7, 11) is 0. The fourth-order valence-electron chi connectivity index (χ4n) is 1.56. The fraction of sp³-hybridized carbons (Fsp3) is 0.786. The molecule has 0 amide bonds. The fourth-order valence-corrected chi connectivity index (χ4v) is 1.56. The molecule has 0 radical (unpaired) electrons. The van der Waals surface area contributed by atoms with Crippen LogP contribution < -0.4 is 0 Å². The summed E-state index contributed by atoms with van der Waals surface area (Å²) in [4.78, 5) is 11.0. The van der Waals surface area contributed by atoms with Crippen molar-refractivity contribution in [1.29, 1.82) is 0 Å². The summed E-state index contributed by atoms with van der Waals surface area (Å²) < 4.78 is 96.8. The first-order chi connectivity index (χ1) is 10.3. The highest BCUT2D eigenvalue weighted by atomic mass is 19.3. The van der Waals surface area contributed by atoms with Crippen LogP contribution in [0.3, 0.4) is 0 Å². The maximum atomic E-state index is 13.4. The van der Waals surface area contributed by atoms with E-state index in [0.29, 0.717) is 6.92 Å². The van der Waals surface area contributed by atoms with Gasteiger partial charge in [-0.05, 0) is 26.2 Å². The Balaban J connectivity index is 4.52. The number of unbranched alkanes of at least 4 members (excludes halogenated alkanes) is 1. The lowest BCUT2D eigenvalue weighted by Gasteiger charge is -2.34. The molecule has 1 unspecified atom stereocenters. The van der Waals surface area contributed by atoms with Gasteiger partial charge in [-0.15, -0.1) is 0 Å². The molecular formula is C14H19F7O2. The summed E-state index contributed by atoms with van der Waals surface area (Å²) >= 11 is 0. The Morgan fingerprint density at radius 3 is 2.09 bits per heavy atom. The molecule has 1 atom stereocenters. The molecule has 0 bridgehead atoms. The first-order valence-corrected chi connectivity index (χ1v) is 6.91. The highest BCUT2D eigenvalue weighted by Crippen LogP contribution is 2.50. The Kier molecular flexibility index (Phi) is 7.56. The van der Waals surface area contributed by atoms with E-state index in [4.69, 9.17) is 0 Å². The van der Waals surface area contributed by atoms with Gasteiger partial charge in [-0.1, -0.05) is 13.5 Å². The molecule has 0 saturated heterocycles. The van der Waals surface area contributed by atoms with E-state index < -0.39 is 42.8 Å². The Hall–Kier alpha value is -1.28. The van der Waals surface area contributed by atoms with Crippen LogP contribution in [0.5, 0.6) is 0 Å². The quantitative estimate of drug-likeness (QED) is 0.241. The van der Waals surface area contributed by atoms with Gasteiger partial charge < -0.3 is 4.74 Å². The molecule has 0 rings (SSSR count). The van der Waals surface area contributed by atoms with Gasteiger partial charge in [-0.3, -0.25) is 0 Å². The van der Waals surface area contributed by atoms with Gasteiger partial charge in [0.05, 0.1) is 6.61 Å². The Labute approximate surface area is 129 Å². The average molecular weight is 352 g/mol. The third-order valence-electron chi connectivity index (χ3n) is 3.15. The monoisotopic (exact) mass is 352 g/mol. The van der Waals surface area contributed by atoms with Gasteiger partial charge in [0.1, 0.15) is 0 Å². The molecule has 0 N–H and O–H groups in total. The number of hydrogen-bond donors (Lipinski definition) is 0. The SMILES string of the molecule is C=C(C)C(=O)OCCCCC(F)C(F)(F)C(F)(F)C(F)(F)CC. The topological polar surface area (TPSA) is 26.3 Å². The maximum absolute atomic E-state index is 13.4. The van der Waals surface area contributed by atoms with E-state index in [0.717, 1.165) is 0 Å². The zero-order valence-electron chi connectivity index (χ0n) is 12.8. The van der Waals surface area contributed by atoms with Crippen molar-refractivity contribution in [3.05, 3.63) is 12.2 Å². The van der Waals surface area contributed by atoms with E-state index in [9.17, 15) is 35.5 Å². The summed E-state index contributed by atoms with van der Waals surface area (Å²) in [6, 6.07) is 0. The molecular weight excluding hydrogens is 333 g/mol. The predicted octanol–water partition coefficient (Wildman–Crippen LogP) is 4.93. The summed E-state index contributed by atoms with van der Waals surface area (Å²) in [5, 5.41) is 0. The van der Waals surface area contributed by atoms with Crippen molar-refractivity contribution in [2.24, 2.45) is 0 Å². The second kappa shape index (κ2) is 8.01. The van der Waals surface area contributed by atoms with Crippen LogP contribution in [0.15, 0.2) is 12.2 Å². The van der Waals surface area contributed by atoms with Crippen molar-refractivity contribution in [3.8, 4) is 0 Å². The molecule has 0 aliphatic rings. The lowest BCUT2D eigenvalue weighted by atomic mass is 9.96. The first kappa shape index (κ1) is 21.7. The van der Waals surface area contributed by atoms with E-state index in [1.165, 1.54) is 6.92 Å². The minimum Gasteiger partial charge on any atom is -0.462 e. The first-order valence-electron chi connectivity index (χ1n) is 6.91. The molecule has 0 aromatic rings. The predicted molar refractivity (Wildman–Crippen MR) is 69.7 cm³/mol. The van der Waals surface area contributed by atoms with Gasteiger partial charge in [0.2, 0.25) is 0 Å². The summed E-state index contributed by atoms with van der Waals surface area (Å²) in [6.45, 7) is 5.02. The van der Waals surface area contributed by atoms with Gasteiger partial charge in [0.25, 0.3) is 0 Å². The van der Waals surface area contributed by atoms with Gasteiger partial charge in [-0.2, -0.15) is 26.3 Å². The van der Waals surface area contributed by atoms with Crippen molar-refractivity contribution in [3.63, 3.8) is 0 Å². The van der Waals surface area contributed by atoms with Crippen molar-refractivity contribution in [2.75, 3.05) is 6.61 Å². The molecule has 23 heavy (non-hydrogen) atoms. The van der Waals surface area contributed by atoms with Gasteiger partial charge in [0.15, 0.2) is 6.17 Å². The lowest BCUT2D eigenvalue weighted by Crippen LogP contribution is -2.58. The summed E-state index contributed by atoms with van der Waals surface area (Å²) in [6.07, 6.45) is -6.46. The Bertz CT molecular complexity index is 421. The minimum atomic E-state index is -5.79. The molecule has 136 valence electrons. The number of halogens is 7. The number of ether oxygens (including phenoxy) is 1. The third kappa shape index (κ3) is 5.10. The number of carbonyl (C=O) groups excluding carboxylic acids is 1. The van der Waals surface area contributed by atoms with E-state index in [-0.39, 0.29) is 25.0 Å². The van der Waals surface area contributed by atoms with Crippen LogP contribution in [0.4, 0.5) is 30.7 Å². The molecule has 9 heteroatoms. The number of alkyl halides is 7. The van der Waals surface area contributed by atoms with Gasteiger partial charge in [0, 0.05) is 12.0 Å². The highest BCUT2D eigenvalue weighted by molar-refractivity contribution is 5.86. The van der Waals surface area contributed by atoms with Crippen molar-refractivity contribution in [2.45, 2.75) is 63.5 Å². The van der Waals surface area contributed by atoms with Gasteiger partial charge >= 0.3 is 23.7 Å². The average Bonchev–Trinajstić information content (AvgIpc) is 2.45. The molecule has 0 saturated carbocycles. The zero-order valence-corrected chi connectivity index (χ0v) is 12.8. The molecule has 0 spiro atoms. The molecule has 0 aliphatic heterocycles. The van der Waals surface area contributed by atoms with Crippen molar-refractivity contribution in [1.82, 2.24) is 0 Å². The standard InChI is InChI=1S/C14H19F7O2/c1-4-12(16,17)14(20,21)13(18,19)10(15)7-5-6-8-23-11(22)9(2)3/h10H,2,4-8H2,1,3H3. The van der Waals surface area contributed by atoms with Crippen LogP contribution in [-0.4, -0.2) is 36.5 Å². The normalized spacial score (nSPS) is 14.5. The van der Waals surface area contributed by atoms with E-state index in [2.05, 4.69) is 11.3 Å². The van der Waals surface area contributed by atoms with Crippen LogP contribution in [-0.2, 0) is 9.53 Å². The van der Waals surface area contributed by atoms with Crippen LogP contribution in [0.25, 0.3) is 0 Å². The van der Waals surface area contributed by atoms with Crippen LogP contribution in [0, 0.1) is 0 Å². The minimum absolute atomic E-state index is 0.0781.